The number of nitrogens with one attached hydrogen (secondary N) is 1. The summed E-state index contributed by atoms with van der Waals surface area (Å²) in [6.07, 6.45) is 1.47. The van der Waals surface area contributed by atoms with Gasteiger partial charge in [0.1, 0.15) is 6.61 Å². The Morgan fingerprint density at radius 1 is 1.14 bits per heavy atom. The number of hydrogen-bond acceptors (Lipinski definition) is 11. The van der Waals surface area contributed by atoms with Gasteiger partial charge < -0.3 is 15.8 Å². The third-order valence-electron chi connectivity index (χ3n) is 6.96. The van der Waals surface area contributed by atoms with E-state index in [1.54, 1.807) is 19.2 Å². The Morgan fingerprint density at radius 2 is 1.88 bits per heavy atom. The first-order valence-corrected chi connectivity index (χ1v) is 15.0. The van der Waals surface area contributed by atoms with Gasteiger partial charge >= 0.3 is 5.97 Å². The van der Waals surface area contributed by atoms with Crippen LogP contribution in [0.3, 0.4) is 0 Å². The van der Waals surface area contributed by atoms with E-state index < -0.39 is 11.2 Å². The van der Waals surface area contributed by atoms with E-state index in [1.807, 2.05) is 24.3 Å². The van der Waals surface area contributed by atoms with Gasteiger partial charge in [-0.1, -0.05) is 17.2 Å². The molecule has 0 spiro atoms. The first-order valence-electron chi connectivity index (χ1n) is 13.2. The molecular formula is C28H32N4O8S2. The van der Waals surface area contributed by atoms with Crippen LogP contribution < -0.4 is 11.1 Å². The predicted molar refractivity (Wildman–Crippen MR) is 159 cm³/mol. The Kier molecular flexibility index (Phi) is 11.0. The first kappa shape index (κ1) is 31.5. The quantitative estimate of drug-likeness (QED) is 0.0413. The van der Waals surface area contributed by atoms with E-state index in [1.165, 1.54) is 18.7 Å². The molecule has 4 rings (SSSR count). The van der Waals surface area contributed by atoms with Crippen LogP contribution in [0, 0.1) is 0 Å². The van der Waals surface area contributed by atoms with Crippen LogP contribution in [0.25, 0.3) is 11.1 Å². The van der Waals surface area contributed by atoms with Crippen LogP contribution in [0.5, 0.6) is 0 Å². The standard InChI is InChI=1S/C28H32N4O8S2/c1-16(33)38-15-23-21-12-17(5-7-19(21)20-8-6-18(13-22(20)23)42-40-39-37)31-26(34)9-10-32-27(35)14-24(28(32)36)41-11-3-4-25(29)30-2/h5-8,12-13,23-24,37H,3-4,9-11,14-15H2,1-2H3,(H2,29,30)(H,31,34). The smallest absolute Gasteiger partial charge is 0.302 e. The topological polar surface area (TPSA) is 170 Å². The summed E-state index contributed by atoms with van der Waals surface area (Å²) in [6, 6.07) is 11.0. The van der Waals surface area contributed by atoms with E-state index in [9.17, 15) is 19.2 Å². The van der Waals surface area contributed by atoms with Crippen molar-refractivity contribution in [1.82, 2.24) is 4.90 Å². The zero-order chi connectivity index (χ0) is 30.2. The third-order valence-corrected chi connectivity index (χ3v) is 8.83. The van der Waals surface area contributed by atoms with Crippen LogP contribution in [-0.4, -0.2) is 70.9 Å². The van der Waals surface area contributed by atoms with E-state index in [4.69, 9.17) is 15.7 Å². The highest BCUT2D eigenvalue weighted by atomic mass is 32.2. The van der Waals surface area contributed by atoms with E-state index in [2.05, 4.69) is 19.7 Å². The first-order chi connectivity index (χ1) is 20.2. The second kappa shape index (κ2) is 14.6. The van der Waals surface area contributed by atoms with E-state index >= 15 is 0 Å². The molecule has 0 radical (unpaired) electrons. The molecular weight excluding hydrogens is 584 g/mol. The van der Waals surface area contributed by atoms with Crippen LogP contribution in [-0.2, 0) is 33.3 Å². The highest BCUT2D eigenvalue weighted by Gasteiger charge is 2.38. The average Bonchev–Trinajstić information content (AvgIpc) is 3.42. The number of carbonyl (C=O) groups is 4. The van der Waals surface area contributed by atoms with E-state index in [-0.39, 0.29) is 49.6 Å². The Hall–Kier alpha value is -3.43. The van der Waals surface area contributed by atoms with Crippen LogP contribution in [0.15, 0.2) is 46.3 Å². The largest absolute Gasteiger partial charge is 0.465 e. The van der Waals surface area contributed by atoms with Crippen molar-refractivity contribution < 1.29 is 38.5 Å². The summed E-state index contributed by atoms with van der Waals surface area (Å²) in [5.41, 5.74) is 9.86. The van der Waals surface area contributed by atoms with E-state index in [0.29, 0.717) is 28.6 Å². The molecule has 2 aliphatic rings. The van der Waals surface area contributed by atoms with Gasteiger partial charge in [0.15, 0.2) is 0 Å². The van der Waals surface area contributed by atoms with Gasteiger partial charge in [-0.05, 0) is 58.7 Å². The van der Waals surface area contributed by atoms with Gasteiger partial charge in [0.25, 0.3) is 0 Å². The molecule has 2 atom stereocenters. The molecule has 1 heterocycles. The molecule has 4 N–H and O–H groups in total. The number of hydrogen-bond donors (Lipinski definition) is 3. The number of ether oxygens (including phenoxy) is 1. The Morgan fingerprint density at radius 3 is 2.60 bits per heavy atom. The molecule has 2 aromatic rings. The highest BCUT2D eigenvalue weighted by molar-refractivity contribution is 8.00. The Balaban J connectivity index is 1.37. The van der Waals surface area contributed by atoms with E-state index in [0.717, 1.165) is 45.6 Å². The number of anilines is 1. The minimum absolute atomic E-state index is 0.00152. The lowest BCUT2D eigenvalue weighted by Gasteiger charge is -2.16. The van der Waals surface area contributed by atoms with Gasteiger partial charge in [-0.15, -0.1) is 16.1 Å². The maximum atomic E-state index is 12.8. The van der Waals surface area contributed by atoms with Crippen LogP contribution in [0.1, 0.15) is 49.7 Å². The number of carbonyl (C=O) groups excluding carboxylic acids is 4. The summed E-state index contributed by atoms with van der Waals surface area (Å²) in [6.45, 7) is 1.43. The number of thioether (sulfide) groups is 1. The second-order valence-electron chi connectivity index (χ2n) is 9.70. The molecule has 12 nitrogen and oxygen atoms in total. The summed E-state index contributed by atoms with van der Waals surface area (Å²) >= 11 is 2.25. The van der Waals surface area contributed by atoms with Crippen LogP contribution in [0.2, 0.25) is 0 Å². The van der Waals surface area contributed by atoms with Crippen molar-refractivity contribution in [2.45, 2.75) is 48.7 Å². The fourth-order valence-electron chi connectivity index (χ4n) is 4.95. The number of esters is 1. The summed E-state index contributed by atoms with van der Waals surface area (Å²) in [5.74, 6) is -0.375. The summed E-state index contributed by atoms with van der Waals surface area (Å²) in [5, 5.41) is 14.6. The normalized spacial score (nSPS) is 17.8. The number of nitrogens with zero attached hydrogens (tertiary/aromatic N) is 2. The molecule has 0 bridgehead atoms. The van der Waals surface area contributed by atoms with Gasteiger partial charge in [-0.25, -0.2) is 5.26 Å². The number of benzene rings is 2. The van der Waals surface area contributed by atoms with Crippen LogP contribution in [0.4, 0.5) is 5.69 Å². The zero-order valence-electron chi connectivity index (χ0n) is 23.2. The van der Waals surface area contributed by atoms with Crippen molar-refractivity contribution in [3.63, 3.8) is 0 Å². The molecule has 14 heteroatoms. The minimum Gasteiger partial charge on any atom is -0.465 e. The van der Waals surface area contributed by atoms with Gasteiger partial charge in [-0.2, -0.15) is 0 Å². The summed E-state index contributed by atoms with van der Waals surface area (Å²) in [4.78, 5) is 55.4. The maximum Gasteiger partial charge on any atom is 0.302 e. The average molecular weight is 617 g/mol. The molecule has 1 aliphatic carbocycles. The predicted octanol–water partition coefficient (Wildman–Crippen LogP) is 3.75. The van der Waals surface area contributed by atoms with Gasteiger partial charge in [0, 0.05) is 56.3 Å². The SMILES string of the molecule is CN=C(N)CCCSC1CC(=O)N(CCC(=O)Nc2ccc3c(c2)C(COC(C)=O)c2cc(SOOO)ccc2-3)C1=O. The number of amides is 3. The number of imide groups is 1. The van der Waals surface area contributed by atoms with Crippen molar-refractivity contribution in [2.75, 3.05) is 31.3 Å². The fraction of sp³-hybridized carbons (Fsp3) is 0.393. The van der Waals surface area contributed by atoms with Crippen molar-refractivity contribution >= 4 is 59.0 Å². The monoisotopic (exact) mass is 616 g/mol. The van der Waals surface area contributed by atoms with Crippen molar-refractivity contribution in [3.05, 3.63) is 47.5 Å². The number of rotatable bonds is 14. The molecule has 3 amide bonds. The molecule has 2 unspecified atom stereocenters. The molecule has 1 saturated heterocycles. The number of likely N-dealkylation sites (tertiary alicyclic amines) is 1. The molecule has 2 aromatic carbocycles. The number of fused-ring (bicyclic) bond motifs is 3. The molecule has 1 fully saturated rings. The van der Waals surface area contributed by atoms with Crippen molar-refractivity contribution in [3.8, 4) is 11.1 Å². The minimum atomic E-state index is -0.450. The summed E-state index contributed by atoms with van der Waals surface area (Å²) in [7, 11) is 1.63. The van der Waals surface area contributed by atoms with Gasteiger partial charge in [-0.3, -0.25) is 29.1 Å². The zero-order valence-corrected chi connectivity index (χ0v) is 24.8. The van der Waals surface area contributed by atoms with Gasteiger partial charge in [0.2, 0.25) is 17.7 Å². The lowest BCUT2D eigenvalue weighted by Crippen LogP contribution is -2.34. The second-order valence-corrected chi connectivity index (χ2v) is 11.8. The third kappa shape index (κ3) is 7.69. The fourth-order valence-corrected chi connectivity index (χ4v) is 6.48. The van der Waals surface area contributed by atoms with Crippen LogP contribution >= 0.6 is 23.8 Å². The highest BCUT2D eigenvalue weighted by Crippen LogP contribution is 2.47. The molecule has 0 saturated carbocycles. The maximum absolute atomic E-state index is 12.8. The molecule has 0 aromatic heterocycles. The number of aliphatic imine (C=N–C) groups is 1. The Labute approximate surface area is 251 Å². The molecule has 42 heavy (non-hydrogen) atoms. The van der Waals surface area contributed by atoms with Gasteiger partial charge in [0.05, 0.1) is 23.1 Å². The summed E-state index contributed by atoms with van der Waals surface area (Å²) < 4.78 is 9.89. The van der Waals surface area contributed by atoms with Crippen molar-refractivity contribution in [2.24, 2.45) is 10.7 Å². The molecule has 224 valence electrons. The lowest BCUT2D eigenvalue weighted by atomic mass is 9.97. The number of amidine groups is 1. The lowest BCUT2D eigenvalue weighted by molar-refractivity contribution is -0.432. The number of nitrogens with two attached hydrogens (primary N) is 1. The molecule has 1 aliphatic heterocycles. The van der Waals surface area contributed by atoms with Crippen molar-refractivity contribution in [1.29, 1.82) is 0 Å². The Bertz CT molecular complexity index is 1390.